The predicted molar refractivity (Wildman–Crippen MR) is 37.6 cm³/mol. The molecule has 0 aliphatic carbocycles. The number of rotatable bonds is 3. The van der Waals surface area contributed by atoms with Crippen LogP contribution in [0.1, 0.15) is 1.43 Å². The van der Waals surface area contributed by atoms with Gasteiger partial charge in [-0.15, -0.1) is 0 Å². The molecular formula is H4NNaO9S3. The van der Waals surface area contributed by atoms with E-state index in [-0.39, 0.29) is 31.0 Å². The third-order valence-electron chi connectivity index (χ3n) is 0.565. The Labute approximate surface area is 103 Å². The molecule has 0 aromatic heterocycles. The van der Waals surface area contributed by atoms with Crippen LogP contribution in [0.3, 0.4) is 0 Å². The molecule has 0 heterocycles. The van der Waals surface area contributed by atoms with Crippen LogP contribution in [0.5, 0.6) is 0 Å². The second-order valence-corrected chi connectivity index (χ2v) is 6.04. The Balaban J connectivity index is -0.000000720. The van der Waals surface area contributed by atoms with Crippen LogP contribution in [0.15, 0.2) is 0 Å². The van der Waals surface area contributed by atoms with Crippen molar-refractivity contribution in [3.8, 4) is 0 Å². The van der Waals surface area contributed by atoms with E-state index >= 15 is 0 Å². The normalized spacial score (nSPS) is 13.7. The van der Waals surface area contributed by atoms with Crippen molar-refractivity contribution in [3.05, 3.63) is 0 Å². The topological polar surface area (TPSA) is 166 Å². The van der Waals surface area contributed by atoms with E-state index in [9.17, 15) is 25.3 Å². The van der Waals surface area contributed by atoms with Gasteiger partial charge in [-0.25, -0.2) is 0 Å². The largest absolute Gasteiger partial charge is 1.00 e. The number of nitrogens with zero attached hydrogens (tertiary/aromatic N) is 1. The van der Waals surface area contributed by atoms with E-state index in [1.165, 1.54) is 0 Å². The van der Waals surface area contributed by atoms with Gasteiger partial charge in [0.05, 0.1) is 3.12 Å². The van der Waals surface area contributed by atoms with Crippen molar-refractivity contribution in [2.45, 2.75) is 0 Å². The molecule has 3 N–H and O–H groups in total. The zero-order chi connectivity index (χ0) is 11.1. The van der Waals surface area contributed by atoms with Crippen molar-refractivity contribution < 1.29 is 69.9 Å². The molecule has 14 heavy (non-hydrogen) atoms. The average molecular weight is 281 g/mol. The van der Waals surface area contributed by atoms with Crippen LogP contribution in [0.25, 0.3) is 0 Å². The summed E-state index contributed by atoms with van der Waals surface area (Å²) in [4.78, 5) is 0. The maximum absolute atomic E-state index is 10.0. The molecular weight excluding hydrogens is 277 g/mol. The van der Waals surface area contributed by atoms with Crippen molar-refractivity contribution in [2.75, 3.05) is 0 Å². The standard InChI is InChI=1S/H3NO9S3.Na.H/c2-11(3,4)1(12(5,6)7)13(8,9)10;;/h(H,2,3,4)(H,5,6,7)(H,8,9,10);;/q;+1;-1. The molecule has 0 radical (unpaired) electrons. The summed E-state index contributed by atoms with van der Waals surface area (Å²) < 4.78 is 82.2. The fourth-order valence-electron chi connectivity index (χ4n) is 0.357. The first-order chi connectivity index (χ1) is 5.37. The van der Waals surface area contributed by atoms with Crippen LogP contribution in [-0.4, -0.2) is 42.0 Å². The average Bonchev–Trinajstić information content (AvgIpc) is 1.44. The molecule has 0 spiro atoms. The zero-order valence-corrected chi connectivity index (χ0v) is 10.9. The summed E-state index contributed by atoms with van der Waals surface area (Å²) in [5.41, 5.74) is 0. The third kappa shape index (κ3) is 4.96. The van der Waals surface area contributed by atoms with Gasteiger partial charge in [0.2, 0.25) is 0 Å². The molecule has 0 aromatic rings. The fraction of sp³-hybridized carbons (Fsp3) is 0. The summed E-state index contributed by atoms with van der Waals surface area (Å²) in [7, 11) is -17.5. The van der Waals surface area contributed by atoms with E-state index in [1.807, 2.05) is 0 Å². The predicted octanol–water partition coefficient (Wildman–Crippen LogP) is -5.19. The van der Waals surface area contributed by atoms with Crippen molar-refractivity contribution in [1.29, 1.82) is 0 Å². The van der Waals surface area contributed by atoms with Gasteiger partial charge in [0.25, 0.3) is 0 Å². The SMILES string of the molecule is O=S(=O)(O)N(S(=O)(=O)O)S(=O)(=O)O.[H-].[Na+]. The Hall–Kier alpha value is 0.690. The van der Waals surface area contributed by atoms with Crippen LogP contribution in [-0.2, 0) is 30.9 Å². The molecule has 0 aromatic carbocycles. The molecule has 0 bridgehead atoms. The molecule has 0 aliphatic rings. The Bertz CT molecular complexity index is 407. The Morgan fingerprint density at radius 2 is 0.857 bits per heavy atom. The second-order valence-electron chi connectivity index (χ2n) is 1.57. The van der Waals surface area contributed by atoms with E-state index in [4.69, 9.17) is 13.7 Å². The molecule has 82 valence electrons. The van der Waals surface area contributed by atoms with Gasteiger partial charge in [0, 0.05) is 0 Å². The van der Waals surface area contributed by atoms with E-state index in [0.717, 1.165) is 0 Å². The monoisotopic (exact) mass is 281 g/mol. The molecule has 0 unspecified atom stereocenters. The first-order valence-electron chi connectivity index (χ1n) is 2.10. The molecule has 0 atom stereocenters. The summed E-state index contributed by atoms with van der Waals surface area (Å²) in [6, 6.07) is 0. The van der Waals surface area contributed by atoms with E-state index < -0.39 is 34.0 Å². The van der Waals surface area contributed by atoms with E-state index in [1.54, 1.807) is 0 Å². The molecule has 0 aliphatic heterocycles. The molecule has 0 fully saturated rings. The van der Waals surface area contributed by atoms with E-state index in [2.05, 4.69) is 0 Å². The Kier molecular flexibility index (Phi) is 5.72. The maximum atomic E-state index is 10.0. The van der Waals surface area contributed by atoms with Gasteiger partial charge < -0.3 is 1.43 Å². The van der Waals surface area contributed by atoms with Crippen molar-refractivity contribution in [2.24, 2.45) is 0 Å². The van der Waals surface area contributed by atoms with Gasteiger partial charge in [0.15, 0.2) is 0 Å². The summed E-state index contributed by atoms with van der Waals surface area (Å²) in [6.45, 7) is 0. The molecule has 0 rings (SSSR count). The van der Waals surface area contributed by atoms with Crippen LogP contribution >= 0.6 is 0 Å². The fourth-order valence-corrected chi connectivity index (χ4v) is 3.21. The zero-order valence-electron chi connectivity index (χ0n) is 7.46. The summed E-state index contributed by atoms with van der Waals surface area (Å²) in [5.74, 6) is 0. The minimum atomic E-state index is -5.82. The minimum Gasteiger partial charge on any atom is -1.00 e. The van der Waals surface area contributed by atoms with Crippen LogP contribution in [0.2, 0.25) is 0 Å². The van der Waals surface area contributed by atoms with Gasteiger partial charge in [-0.05, 0) is 0 Å². The van der Waals surface area contributed by atoms with Crippen LogP contribution in [0.4, 0.5) is 0 Å². The number of hydrogen-bond acceptors (Lipinski definition) is 6. The molecule has 0 saturated heterocycles. The molecule has 0 amide bonds. The smallest absolute Gasteiger partial charge is 1.00 e. The third-order valence-corrected chi connectivity index (χ3v) is 5.09. The van der Waals surface area contributed by atoms with Gasteiger partial charge in [-0.1, -0.05) is 0 Å². The summed E-state index contributed by atoms with van der Waals surface area (Å²) in [6.07, 6.45) is 0. The first kappa shape index (κ1) is 17.1. The van der Waals surface area contributed by atoms with Crippen molar-refractivity contribution >= 4 is 30.9 Å². The van der Waals surface area contributed by atoms with Gasteiger partial charge >= 0.3 is 60.5 Å². The van der Waals surface area contributed by atoms with Crippen LogP contribution < -0.4 is 29.6 Å². The van der Waals surface area contributed by atoms with Crippen LogP contribution in [0, 0.1) is 0 Å². The quantitative estimate of drug-likeness (QED) is 0.338. The minimum absolute atomic E-state index is 0. The second kappa shape index (κ2) is 4.69. The maximum Gasteiger partial charge on any atom is 1.00 e. The summed E-state index contributed by atoms with van der Waals surface area (Å²) in [5, 5.41) is 0. The van der Waals surface area contributed by atoms with E-state index in [0.29, 0.717) is 0 Å². The van der Waals surface area contributed by atoms with Crippen molar-refractivity contribution in [3.63, 3.8) is 0 Å². The van der Waals surface area contributed by atoms with Gasteiger partial charge in [-0.3, -0.25) is 13.7 Å². The molecule has 14 heteroatoms. The molecule has 0 saturated carbocycles. The Morgan fingerprint density at radius 1 is 0.714 bits per heavy atom. The Morgan fingerprint density at radius 3 is 0.857 bits per heavy atom. The first-order valence-corrected chi connectivity index (χ1v) is 6.29. The molecule has 10 nitrogen and oxygen atoms in total. The number of hydrogen-bond donors (Lipinski definition) is 3. The van der Waals surface area contributed by atoms with Gasteiger partial charge in [-0.2, -0.15) is 25.3 Å². The van der Waals surface area contributed by atoms with Crippen molar-refractivity contribution in [1.82, 2.24) is 3.12 Å². The van der Waals surface area contributed by atoms with Gasteiger partial charge in [0.1, 0.15) is 0 Å². The summed E-state index contributed by atoms with van der Waals surface area (Å²) >= 11 is 0.